The van der Waals surface area contributed by atoms with Crippen LogP contribution in [0.15, 0.2) is 18.2 Å². The molecular formula is C9H10FNO3. The van der Waals surface area contributed by atoms with E-state index in [1.807, 2.05) is 0 Å². The van der Waals surface area contributed by atoms with Crippen LogP contribution in [0.4, 0.5) is 4.39 Å². The van der Waals surface area contributed by atoms with Crippen LogP contribution < -0.4 is 10.5 Å². The first-order valence-electron chi connectivity index (χ1n) is 3.96. The monoisotopic (exact) mass is 199 g/mol. The number of carboxylic acid groups (broad SMARTS) is 1. The van der Waals surface area contributed by atoms with Crippen LogP contribution in [0, 0.1) is 5.82 Å². The zero-order valence-corrected chi connectivity index (χ0v) is 7.37. The molecule has 0 aromatic heterocycles. The number of nitrogens with two attached hydrogens (primary N) is 1. The highest BCUT2D eigenvalue weighted by atomic mass is 19.1. The van der Waals surface area contributed by atoms with Crippen molar-refractivity contribution in [2.24, 2.45) is 5.73 Å². The number of benzene rings is 1. The molecule has 3 N–H and O–H groups in total. The molecule has 0 fully saturated rings. The number of rotatable bonds is 4. The van der Waals surface area contributed by atoms with Crippen molar-refractivity contribution in [2.75, 3.05) is 6.61 Å². The zero-order valence-electron chi connectivity index (χ0n) is 7.37. The topological polar surface area (TPSA) is 72.5 Å². The summed E-state index contributed by atoms with van der Waals surface area (Å²) in [5.41, 5.74) is 5.62. The molecule has 0 aliphatic carbocycles. The first kappa shape index (κ1) is 10.5. The van der Waals surface area contributed by atoms with E-state index in [1.165, 1.54) is 12.1 Å². The Balaban J connectivity index is 2.71. The van der Waals surface area contributed by atoms with Crippen LogP contribution >= 0.6 is 0 Å². The molecule has 0 atom stereocenters. The standard InChI is InChI=1S/C9H10FNO3/c10-8-3-7(14-5-9(12)13)2-1-6(8)4-11/h1-3H,4-5,11H2,(H,12,13). The van der Waals surface area contributed by atoms with Gasteiger partial charge >= 0.3 is 5.97 Å². The average Bonchev–Trinajstić information content (AvgIpc) is 2.15. The highest BCUT2D eigenvalue weighted by Crippen LogP contribution is 2.15. The van der Waals surface area contributed by atoms with Gasteiger partial charge in [-0.2, -0.15) is 0 Å². The first-order valence-corrected chi connectivity index (χ1v) is 3.96. The Morgan fingerprint density at radius 1 is 1.57 bits per heavy atom. The molecule has 5 heteroatoms. The summed E-state index contributed by atoms with van der Waals surface area (Å²) < 4.78 is 17.8. The van der Waals surface area contributed by atoms with Gasteiger partial charge in [-0.1, -0.05) is 6.07 Å². The Bertz CT molecular complexity index is 341. The maximum absolute atomic E-state index is 13.1. The zero-order chi connectivity index (χ0) is 10.6. The van der Waals surface area contributed by atoms with Gasteiger partial charge in [-0.05, 0) is 6.07 Å². The smallest absolute Gasteiger partial charge is 0.341 e. The molecule has 0 saturated carbocycles. The summed E-state index contributed by atoms with van der Waals surface area (Å²) in [6, 6.07) is 4.06. The van der Waals surface area contributed by atoms with Gasteiger partial charge in [0.2, 0.25) is 0 Å². The molecule has 1 aromatic carbocycles. The van der Waals surface area contributed by atoms with E-state index in [0.29, 0.717) is 5.56 Å². The van der Waals surface area contributed by atoms with Crippen molar-refractivity contribution in [1.82, 2.24) is 0 Å². The molecule has 0 radical (unpaired) electrons. The lowest BCUT2D eigenvalue weighted by molar-refractivity contribution is -0.139. The second-order valence-electron chi connectivity index (χ2n) is 2.64. The second kappa shape index (κ2) is 4.57. The van der Waals surface area contributed by atoms with Crippen LogP contribution in [-0.4, -0.2) is 17.7 Å². The third-order valence-electron chi connectivity index (χ3n) is 1.61. The van der Waals surface area contributed by atoms with E-state index in [-0.39, 0.29) is 12.3 Å². The number of hydrogen-bond acceptors (Lipinski definition) is 3. The van der Waals surface area contributed by atoms with Crippen LogP contribution in [-0.2, 0) is 11.3 Å². The number of aliphatic carboxylic acids is 1. The fourth-order valence-electron chi connectivity index (χ4n) is 0.928. The first-order chi connectivity index (χ1) is 6.63. The minimum atomic E-state index is -1.10. The Labute approximate surface area is 80.1 Å². The second-order valence-corrected chi connectivity index (χ2v) is 2.64. The predicted molar refractivity (Wildman–Crippen MR) is 47.4 cm³/mol. The summed E-state index contributed by atoms with van der Waals surface area (Å²) in [7, 11) is 0. The summed E-state index contributed by atoms with van der Waals surface area (Å²) in [6.45, 7) is -0.382. The molecule has 0 bridgehead atoms. The maximum Gasteiger partial charge on any atom is 0.341 e. The van der Waals surface area contributed by atoms with Crippen LogP contribution in [0.25, 0.3) is 0 Å². The average molecular weight is 199 g/mol. The van der Waals surface area contributed by atoms with E-state index >= 15 is 0 Å². The third-order valence-corrected chi connectivity index (χ3v) is 1.61. The number of hydrogen-bond donors (Lipinski definition) is 2. The van der Waals surface area contributed by atoms with E-state index in [4.69, 9.17) is 15.6 Å². The van der Waals surface area contributed by atoms with E-state index in [0.717, 1.165) is 6.07 Å². The molecular weight excluding hydrogens is 189 g/mol. The highest BCUT2D eigenvalue weighted by Gasteiger charge is 2.04. The number of halogens is 1. The van der Waals surface area contributed by atoms with Gasteiger partial charge < -0.3 is 15.6 Å². The Kier molecular flexibility index (Phi) is 3.41. The van der Waals surface area contributed by atoms with E-state index in [2.05, 4.69) is 0 Å². The fraction of sp³-hybridized carbons (Fsp3) is 0.222. The molecule has 0 aliphatic rings. The molecule has 0 saturated heterocycles. The van der Waals surface area contributed by atoms with Crippen molar-refractivity contribution in [3.8, 4) is 5.75 Å². The minimum Gasteiger partial charge on any atom is -0.482 e. The third kappa shape index (κ3) is 2.70. The fourth-order valence-corrected chi connectivity index (χ4v) is 0.928. The minimum absolute atomic E-state index is 0.102. The summed E-state index contributed by atoms with van der Waals surface area (Å²) >= 11 is 0. The summed E-state index contributed by atoms with van der Waals surface area (Å²) in [4.78, 5) is 10.1. The molecule has 76 valence electrons. The van der Waals surface area contributed by atoms with Crippen molar-refractivity contribution < 1.29 is 19.0 Å². The van der Waals surface area contributed by atoms with Crippen LogP contribution in [0.2, 0.25) is 0 Å². The van der Waals surface area contributed by atoms with Crippen molar-refractivity contribution >= 4 is 5.97 Å². The van der Waals surface area contributed by atoms with Gasteiger partial charge in [-0.3, -0.25) is 0 Å². The van der Waals surface area contributed by atoms with E-state index in [9.17, 15) is 9.18 Å². The number of carbonyl (C=O) groups is 1. The molecule has 0 aliphatic heterocycles. The van der Waals surface area contributed by atoms with E-state index in [1.54, 1.807) is 0 Å². The molecule has 0 unspecified atom stereocenters. The summed E-state index contributed by atoms with van der Waals surface area (Å²) in [5, 5.41) is 8.31. The van der Waals surface area contributed by atoms with Crippen molar-refractivity contribution in [3.05, 3.63) is 29.6 Å². The largest absolute Gasteiger partial charge is 0.482 e. The van der Waals surface area contributed by atoms with Crippen molar-refractivity contribution in [1.29, 1.82) is 0 Å². The maximum atomic E-state index is 13.1. The Hall–Kier alpha value is -1.62. The lowest BCUT2D eigenvalue weighted by Crippen LogP contribution is -2.09. The quantitative estimate of drug-likeness (QED) is 0.750. The lowest BCUT2D eigenvalue weighted by atomic mass is 10.2. The van der Waals surface area contributed by atoms with Gasteiger partial charge in [0.05, 0.1) is 0 Å². The lowest BCUT2D eigenvalue weighted by Gasteiger charge is -2.04. The van der Waals surface area contributed by atoms with Gasteiger partial charge in [0.25, 0.3) is 0 Å². The van der Waals surface area contributed by atoms with Crippen LogP contribution in [0.5, 0.6) is 5.75 Å². The Morgan fingerprint density at radius 3 is 2.79 bits per heavy atom. The van der Waals surface area contributed by atoms with Gasteiger partial charge in [-0.15, -0.1) is 0 Å². The van der Waals surface area contributed by atoms with Crippen LogP contribution in [0.3, 0.4) is 0 Å². The predicted octanol–water partition coefficient (Wildman–Crippen LogP) is 0.748. The Morgan fingerprint density at radius 2 is 2.29 bits per heavy atom. The summed E-state index contributed by atoms with van der Waals surface area (Å²) in [5.74, 6) is -1.41. The molecule has 1 rings (SSSR count). The van der Waals surface area contributed by atoms with Gasteiger partial charge in [0, 0.05) is 18.2 Å². The molecule has 0 amide bonds. The molecule has 0 spiro atoms. The molecule has 4 nitrogen and oxygen atoms in total. The normalized spacial score (nSPS) is 9.86. The molecule has 1 aromatic rings. The SMILES string of the molecule is NCc1ccc(OCC(=O)O)cc1F. The van der Waals surface area contributed by atoms with E-state index < -0.39 is 18.4 Å². The highest BCUT2D eigenvalue weighted by molar-refractivity contribution is 5.68. The van der Waals surface area contributed by atoms with Gasteiger partial charge in [0.1, 0.15) is 11.6 Å². The van der Waals surface area contributed by atoms with Crippen LogP contribution in [0.1, 0.15) is 5.56 Å². The van der Waals surface area contributed by atoms with Crippen molar-refractivity contribution in [2.45, 2.75) is 6.54 Å². The van der Waals surface area contributed by atoms with Gasteiger partial charge in [0.15, 0.2) is 6.61 Å². The molecule has 14 heavy (non-hydrogen) atoms. The molecule has 0 heterocycles. The van der Waals surface area contributed by atoms with Crippen molar-refractivity contribution in [3.63, 3.8) is 0 Å². The number of ether oxygens (including phenoxy) is 1. The number of carboxylic acids is 1. The van der Waals surface area contributed by atoms with Gasteiger partial charge in [-0.25, -0.2) is 9.18 Å². The summed E-state index contributed by atoms with van der Waals surface area (Å²) in [6.07, 6.45) is 0.